The number of benzene rings is 2. The molecule has 2 amide bonds. The van der Waals surface area contributed by atoms with Gasteiger partial charge in [-0.1, -0.05) is 93.5 Å². The van der Waals surface area contributed by atoms with Crippen LogP contribution in [-0.2, 0) is 14.4 Å². The lowest BCUT2D eigenvalue weighted by molar-refractivity contribution is -0.137. The minimum atomic E-state index is -0.917. The number of carboxylic acids is 1. The Bertz CT molecular complexity index is 1020. The van der Waals surface area contributed by atoms with E-state index >= 15 is 0 Å². The van der Waals surface area contributed by atoms with Gasteiger partial charge in [0, 0.05) is 30.1 Å². The van der Waals surface area contributed by atoms with Gasteiger partial charge in [0.25, 0.3) is 5.91 Å². The van der Waals surface area contributed by atoms with Crippen molar-refractivity contribution in [2.45, 2.75) is 83.1 Å². The van der Waals surface area contributed by atoms with Crippen molar-refractivity contribution in [3.05, 3.63) is 65.7 Å². The molecule has 3 rings (SSSR count). The van der Waals surface area contributed by atoms with Crippen LogP contribution in [0, 0.1) is 0 Å². The summed E-state index contributed by atoms with van der Waals surface area (Å²) >= 11 is 0. The highest BCUT2D eigenvalue weighted by Crippen LogP contribution is 2.25. The first-order valence-corrected chi connectivity index (χ1v) is 13.2. The largest absolute Gasteiger partial charge is 0.481 e. The monoisotopic (exact) mass is 490 g/mol. The van der Waals surface area contributed by atoms with Crippen molar-refractivity contribution in [3.63, 3.8) is 0 Å². The maximum Gasteiger partial charge on any atom is 0.303 e. The zero-order valence-electron chi connectivity index (χ0n) is 21.0. The number of hydrogen-bond donors (Lipinski definition) is 3. The fraction of sp³-hybridized carbons (Fsp3) is 0.433. The molecule has 2 aromatic rings. The van der Waals surface area contributed by atoms with E-state index in [-0.39, 0.29) is 37.1 Å². The summed E-state index contributed by atoms with van der Waals surface area (Å²) in [5, 5.41) is 15.0. The molecule has 1 aliphatic rings. The number of nitrogens with one attached hydrogen (secondary N) is 2. The third-order valence-electron chi connectivity index (χ3n) is 6.60. The van der Waals surface area contributed by atoms with Crippen LogP contribution in [0.4, 0.5) is 5.69 Å². The molecule has 0 aliphatic heterocycles. The van der Waals surface area contributed by atoms with E-state index in [1.54, 1.807) is 6.07 Å². The normalized spacial score (nSPS) is 15.6. The molecular formula is C30H38N2O4. The quantitative estimate of drug-likeness (QED) is 0.279. The van der Waals surface area contributed by atoms with Gasteiger partial charge in [-0.05, 0) is 42.5 Å². The third-order valence-corrected chi connectivity index (χ3v) is 6.60. The molecular weight excluding hydrogens is 452 g/mol. The SMILES string of the molecule is O=C(O)CCCC(=O)Nc1ccccc1C=C(C(=O)NC1CCCCCCCCC1)c1ccccc1. The molecule has 0 atom stereocenters. The maximum atomic E-state index is 13.6. The molecule has 0 saturated heterocycles. The summed E-state index contributed by atoms with van der Waals surface area (Å²) in [4.78, 5) is 36.7. The molecule has 0 spiro atoms. The number of rotatable bonds is 9. The topological polar surface area (TPSA) is 95.5 Å². The summed E-state index contributed by atoms with van der Waals surface area (Å²) in [6.45, 7) is 0. The Labute approximate surface area is 214 Å². The number of aliphatic carboxylic acids is 1. The average Bonchev–Trinajstić information content (AvgIpc) is 2.87. The Morgan fingerprint density at radius 3 is 2.08 bits per heavy atom. The summed E-state index contributed by atoms with van der Waals surface area (Å²) in [5.74, 6) is -1.27. The highest BCUT2D eigenvalue weighted by atomic mass is 16.4. The molecule has 6 heteroatoms. The summed E-state index contributed by atoms with van der Waals surface area (Å²) in [6, 6.07) is 17.1. The second-order valence-electron chi connectivity index (χ2n) is 9.53. The number of anilines is 1. The molecule has 1 aliphatic carbocycles. The fourth-order valence-corrected chi connectivity index (χ4v) is 4.62. The van der Waals surface area contributed by atoms with Crippen molar-refractivity contribution >= 4 is 35.1 Å². The molecule has 0 aromatic heterocycles. The second kappa shape index (κ2) is 14.9. The first-order chi connectivity index (χ1) is 17.5. The number of amides is 2. The lowest BCUT2D eigenvalue weighted by Gasteiger charge is -2.21. The summed E-state index contributed by atoms with van der Waals surface area (Å²) in [7, 11) is 0. The van der Waals surface area contributed by atoms with E-state index in [0.29, 0.717) is 11.3 Å². The van der Waals surface area contributed by atoms with Crippen LogP contribution in [0.15, 0.2) is 54.6 Å². The molecule has 0 unspecified atom stereocenters. The lowest BCUT2D eigenvalue weighted by atomic mass is 9.96. The highest BCUT2D eigenvalue weighted by molar-refractivity contribution is 6.24. The number of carbonyl (C=O) groups is 3. The van der Waals surface area contributed by atoms with Crippen LogP contribution in [-0.4, -0.2) is 28.9 Å². The average molecular weight is 491 g/mol. The third kappa shape index (κ3) is 9.33. The van der Waals surface area contributed by atoms with Crippen LogP contribution in [0.25, 0.3) is 11.6 Å². The van der Waals surface area contributed by atoms with Gasteiger partial charge >= 0.3 is 5.97 Å². The number of carbonyl (C=O) groups excluding carboxylic acids is 2. The Balaban J connectivity index is 1.81. The second-order valence-corrected chi connectivity index (χ2v) is 9.53. The van der Waals surface area contributed by atoms with Gasteiger partial charge in [-0.2, -0.15) is 0 Å². The standard InChI is InChI=1S/C30H38N2O4/c33-28(20-13-21-29(34)35)32-27-19-12-11-16-24(27)22-26(23-14-7-6-8-15-23)30(36)31-25-17-9-4-2-1-3-5-10-18-25/h6-8,11-12,14-16,19,22,25H,1-5,9-10,13,17-18,20-21H2,(H,31,36)(H,32,33)(H,34,35). The van der Waals surface area contributed by atoms with E-state index in [4.69, 9.17) is 5.11 Å². The lowest BCUT2D eigenvalue weighted by Crippen LogP contribution is -2.35. The zero-order chi connectivity index (χ0) is 25.6. The highest BCUT2D eigenvalue weighted by Gasteiger charge is 2.18. The van der Waals surface area contributed by atoms with Crippen LogP contribution in [0.5, 0.6) is 0 Å². The van der Waals surface area contributed by atoms with Gasteiger partial charge in [-0.3, -0.25) is 14.4 Å². The molecule has 0 heterocycles. The number of hydrogen-bond acceptors (Lipinski definition) is 3. The minimum Gasteiger partial charge on any atom is -0.481 e. The van der Waals surface area contributed by atoms with Gasteiger partial charge < -0.3 is 15.7 Å². The van der Waals surface area contributed by atoms with Crippen molar-refractivity contribution in [2.24, 2.45) is 0 Å². The van der Waals surface area contributed by atoms with E-state index < -0.39 is 5.97 Å². The van der Waals surface area contributed by atoms with Gasteiger partial charge in [0.2, 0.25) is 5.91 Å². The maximum absolute atomic E-state index is 13.6. The molecule has 3 N–H and O–H groups in total. The van der Waals surface area contributed by atoms with Crippen LogP contribution in [0.3, 0.4) is 0 Å². The summed E-state index contributed by atoms with van der Waals surface area (Å²) in [6.07, 6.45) is 12.7. The summed E-state index contributed by atoms with van der Waals surface area (Å²) < 4.78 is 0. The van der Waals surface area contributed by atoms with Gasteiger partial charge in [0.1, 0.15) is 0 Å². The molecule has 36 heavy (non-hydrogen) atoms. The molecule has 2 aromatic carbocycles. The van der Waals surface area contributed by atoms with E-state index in [0.717, 1.165) is 36.8 Å². The van der Waals surface area contributed by atoms with E-state index in [9.17, 15) is 14.4 Å². The predicted molar refractivity (Wildman–Crippen MR) is 144 cm³/mol. The smallest absolute Gasteiger partial charge is 0.303 e. The van der Waals surface area contributed by atoms with E-state index in [1.165, 1.54) is 32.1 Å². The van der Waals surface area contributed by atoms with Crippen molar-refractivity contribution in [1.82, 2.24) is 5.32 Å². The Morgan fingerprint density at radius 1 is 0.806 bits per heavy atom. The molecule has 192 valence electrons. The molecule has 6 nitrogen and oxygen atoms in total. The van der Waals surface area contributed by atoms with Gasteiger partial charge in [-0.15, -0.1) is 0 Å². The number of carboxylic acid groups (broad SMARTS) is 1. The van der Waals surface area contributed by atoms with Crippen LogP contribution in [0.1, 0.15) is 88.2 Å². The number of para-hydroxylation sites is 1. The van der Waals surface area contributed by atoms with Crippen LogP contribution >= 0.6 is 0 Å². The molecule has 1 fully saturated rings. The van der Waals surface area contributed by atoms with E-state index in [2.05, 4.69) is 10.6 Å². The van der Waals surface area contributed by atoms with Crippen LogP contribution in [0.2, 0.25) is 0 Å². The molecule has 0 radical (unpaired) electrons. The predicted octanol–water partition coefficient (Wildman–Crippen LogP) is 6.43. The van der Waals surface area contributed by atoms with Gasteiger partial charge in [-0.25, -0.2) is 0 Å². The van der Waals surface area contributed by atoms with Gasteiger partial charge in [0.05, 0.1) is 0 Å². The minimum absolute atomic E-state index is 0.0472. The molecule has 0 bridgehead atoms. The zero-order valence-corrected chi connectivity index (χ0v) is 21.0. The van der Waals surface area contributed by atoms with Crippen LogP contribution < -0.4 is 10.6 Å². The van der Waals surface area contributed by atoms with Crippen molar-refractivity contribution < 1.29 is 19.5 Å². The Hall–Kier alpha value is -3.41. The first kappa shape index (κ1) is 27.2. The van der Waals surface area contributed by atoms with Crippen molar-refractivity contribution in [3.8, 4) is 0 Å². The van der Waals surface area contributed by atoms with Crippen molar-refractivity contribution in [1.29, 1.82) is 0 Å². The van der Waals surface area contributed by atoms with E-state index in [1.807, 2.05) is 54.6 Å². The first-order valence-electron chi connectivity index (χ1n) is 13.2. The summed E-state index contributed by atoms with van der Waals surface area (Å²) in [5.41, 5.74) is 2.69. The fourth-order valence-electron chi connectivity index (χ4n) is 4.62. The van der Waals surface area contributed by atoms with Gasteiger partial charge in [0.15, 0.2) is 0 Å². The molecule has 1 saturated carbocycles. The Kier molecular flexibility index (Phi) is 11.2. The van der Waals surface area contributed by atoms with Crippen molar-refractivity contribution in [2.75, 3.05) is 5.32 Å². The Morgan fingerprint density at radius 2 is 1.42 bits per heavy atom.